The van der Waals surface area contributed by atoms with Gasteiger partial charge in [0.05, 0.1) is 0 Å². The van der Waals surface area contributed by atoms with Gasteiger partial charge in [0.1, 0.15) is 0 Å². The number of rotatable bonds is 7. The molecule has 0 spiro atoms. The van der Waals surface area contributed by atoms with Crippen molar-refractivity contribution in [2.75, 3.05) is 6.16 Å². The van der Waals surface area contributed by atoms with Crippen molar-refractivity contribution in [1.29, 1.82) is 0 Å². The Morgan fingerprint density at radius 1 is 0.742 bits per heavy atom. The Labute approximate surface area is 186 Å². The van der Waals surface area contributed by atoms with E-state index in [-0.39, 0.29) is 17.0 Å². The summed E-state index contributed by atoms with van der Waals surface area (Å²) < 4.78 is 13.5. The van der Waals surface area contributed by atoms with E-state index in [4.69, 9.17) is 9.79 Å². The number of unbranched alkanes of at least 4 members (excludes halogenated alkanes) is 3. The fraction of sp³-hybridized carbons (Fsp3) is 0.538. The highest BCUT2D eigenvalue weighted by Crippen LogP contribution is 2.37. The third-order valence-electron chi connectivity index (χ3n) is 6.18. The molecule has 0 aliphatic carbocycles. The van der Waals surface area contributed by atoms with Gasteiger partial charge in [-0.3, -0.25) is 4.57 Å². The molecule has 170 valence electrons. The largest absolute Gasteiger partial charge is 0.340 e. The summed E-state index contributed by atoms with van der Waals surface area (Å²) in [4.78, 5) is 18.1. The predicted molar refractivity (Wildman–Crippen MR) is 132 cm³/mol. The first-order valence-electron chi connectivity index (χ1n) is 11.4. The molecule has 0 unspecified atom stereocenters. The fourth-order valence-electron chi connectivity index (χ4n) is 4.22. The summed E-state index contributed by atoms with van der Waals surface area (Å²) in [5.74, 6) is 0. The van der Waals surface area contributed by atoms with Gasteiger partial charge in [0.2, 0.25) is 0 Å². The van der Waals surface area contributed by atoms with Crippen LogP contribution in [0.2, 0.25) is 0 Å². The molecule has 3 aromatic rings. The third kappa shape index (κ3) is 5.80. The minimum atomic E-state index is -3.87. The highest BCUT2D eigenvalue weighted by atomic mass is 31.2. The van der Waals surface area contributed by atoms with Gasteiger partial charge in [-0.1, -0.05) is 66.5 Å². The maximum atomic E-state index is 11.0. The van der Waals surface area contributed by atoms with Gasteiger partial charge in [0.25, 0.3) is 0 Å². The molecule has 0 fully saturated rings. The van der Waals surface area contributed by atoms with Crippen molar-refractivity contribution in [2.45, 2.75) is 84.6 Å². The Kier molecular flexibility index (Phi) is 6.77. The first kappa shape index (κ1) is 24.0. The van der Waals surface area contributed by atoms with Crippen molar-refractivity contribution in [2.24, 2.45) is 0 Å². The van der Waals surface area contributed by atoms with E-state index in [2.05, 4.69) is 82.5 Å². The van der Waals surface area contributed by atoms with Gasteiger partial charge in [0.15, 0.2) is 0 Å². The number of nitrogens with zero attached hydrogens (tertiary/aromatic N) is 1. The third-order valence-corrected chi connectivity index (χ3v) is 7.08. The molecule has 3 rings (SSSR count). The Morgan fingerprint density at radius 2 is 1.19 bits per heavy atom. The first-order chi connectivity index (χ1) is 14.3. The molecular formula is C26H38NO3P. The number of fused-ring (bicyclic) bond motifs is 3. The van der Waals surface area contributed by atoms with Crippen LogP contribution in [0.5, 0.6) is 0 Å². The zero-order chi connectivity index (χ0) is 23.0. The van der Waals surface area contributed by atoms with Gasteiger partial charge in [-0.15, -0.1) is 0 Å². The molecule has 0 atom stereocenters. The number of hydrogen-bond donors (Lipinski definition) is 2. The van der Waals surface area contributed by atoms with Crippen LogP contribution < -0.4 is 0 Å². The summed E-state index contributed by atoms with van der Waals surface area (Å²) in [5.41, 5.74) is 5.43. The van der Waals surface area contributed by atoms with E-state index < -0.39 is 7.60 Å². The van der Waals surface area contributed by atoms with Crippen LogP contribution in [-0.2, 0) is 21.9 Å². The summed E-state index contributed by atoms with van der Waals surface area (Å²) in [6.07, 6.45) is 3.41. The van der Waals surface area contributed by atoms with Crippen molar-refractivity contribution >= 4 is 29.4 Å². The number of hydrogen-bond acceptors (Lipinski definition) is 1. The van der Waals surface area contributed by atoms with Crippen molar-refractivity contribution in [3.05, 3.63) is 47.5 Å². The highest BCUT2D eigenvalue weighted by Gasteiger charge is 2.20. The fourth-order valence-corrected chi connectivity index (χ4v) is 4.85. The van der Waals surface area contributed by atoms with Gasteiger partial charge in [0, 0.05) is 34.5 Å². The second kappa shape index (κ2) is 8.73. The molecule has 0 amide bonds. The summed E-state index contributed by atoms with van der Waals surface area (Å²) in [5, 5.41) is 2.63. The van der Waals surface area contributed by atoms with E-state index in [1.54, 1.807) is 0 Å². The highest BCUT2D eigenvalue weighted by molar-refractivity contribution is 7.51. The minimum absolute atomic E-state index is 0.00641. The minimum Gasteiger partial charge on any atom is -0.340 e. The molecular weight excluding hydrogens is 405 g/mol. The monoisotopic (exact) mass is 443 g/mol. The van der Waals surface area contributed by atoms with Crippen LogP contribution in [0.3, 0.4) is 0 Å². The van der Waals surface area contributed by atoms with E-state index in [9.17, 15) is 4.57 Å². The molecule has 0 saturated heterocycles. The number of benzene rings is 2. The van der Waals surface area contributed by atoms with Crippen LogP contribution in [0.1, 0.15) is 78.4 Å². The van der Waals surface area contributed by atoms with Crippen LogP contribution in [0.15, 0.2) is 36.4 Å². The summed E-state index contributed by atoms with van der Waals surface area (Å²) in [6.45, 7) is 14.4. The topological polar surface area (TPSA) is 62.5 Å². The number of aryl methyl sites for hydroxylation is 1. The second-order valence-corrected chi connectivity index (χ2v) is 12.7. The van der Waals surface area contributed by atoms with E-state index in [0.29, 0.717) is 6.42 Å². The van der Waals surface area contributed by atoms with E-state index in [1.807, 2.05) is 0 Å². The van der Waals surface area contributed by atoms with Crippen LogP contribution in [0.25, 0.3) is 21.8 Å². The van der Waals surface area contributed by atoms with Crippen LogP contribution in [-0.4, -0.2) is 20.5 Å². The van der Waals surface area contributed by atoms with E-state index >= 15 is 0 Å². The lowest BCUT2D eigenvalue weighted by molar-refractivity contribution is 0.370. The predicted octanol–water partition coefficient (Wildman–Crippen LogP) is 7.13. The Hall–Kier alpha value is -1.61. The SMILES string of the molecule is CC(C)(C)c1ccc2c(c1)c1cc(C(C)(C)C)ccc1n2CCCCCCP(=O)(O)O. The smallest absolute Gasteiger partial charge is 0.325 e. The maximum Gasteiger partial charge on any atom is 0.325 e. The van der Waals surface area contributed by atoms with Crippen LogP contribution in [0.4, 0.5) is 0 Å². The molecule has 4 nitrogen and oxygen atoms in total. The molecule has 0 bridgehead atoms. The quantitative estimate of drug-likeness (QED) is 0.302. The molecule has 31 heavy (non-hydrogen) atoms. The Bertz CT molecular complexity index is 1040. The summed E-state index contributed by atoms with van der Waals surface area (Å²) >= 11 is 0. The lowest BCUT2D eigenvalue weighted by Gasteiger charge is -2.19. The molecule has 2 aromatic carbocycles. The van der Waals surface area contributed by atoms with Gasteiger partial charge in [-0.25, -0.2) is 0 Å². The second-order valence-electron chi connectivity index (χ2n) is 10.9. The molecule has 5 heteroatoms. The van der Waals surface area contributed by atoms with E-state index in [1.165, 1.54) is 32.9 Å². The summed E-state index contributed by atoms with van der Waals surface area (Å²) in [7, 11) is -3.87. The van der Waals surface area contributed by atoms with Gasteiger partial charge in [-0.2, -0.15) is 0 Å². The number of aromatic nitrogens is 1. The van der Waals surface area contributed by atoms with Crippen molar-refractivity contribution in [3.63, 3.8) is 0 Å². The summed E-state index contributed by atoms with van der Waals surface area (Å²) in [6, 6.07) is 13.8. The molecule has 0 aliphatic rings. The first-order valence-corrected chi connectivity index (χ1v) is 13.2. The van der Waals surface area contributed by atoms with Gasteiger partial charge < -0.3 is 14.4 Å². The molecule has 0 saturated carbocycles. The van der Waals surface area contributed by atoms with E-state index in [0.717, 1.165) is 25.8 Å². The molecule has 1 heterocycles. The van der Waals surface area contributed by atoms with Crippen LogP contribution in [0, 0.1) is 0 Å². The lowest BCUT2D eigenvalue weighted by Crippen LogP contribution is -2.10. The zero-order valence-electron chi connectivity index (χ0n) is 19.9. The van der Waals surface area contributed by atoms with Crippen molar-refractivity contribution < 1.29 is 14.4 Å². The normalized spacial score (nSPS) is 13.4. The lowest BCUT2D eigenvalue weighted by atomic mass is 9.85. The molecule has 0 radical (unpaired) electrons. The molecule has 1 aromatic heterocycles. The average Bonchev–Trinajstić information content (AvgIpc) is 2.95. The van der Waals surface area contributed by atoms with Gasteiger partial charge >= 0.3 is 7.60 Å². The standard InChI is InChI=1S/C26H38NO3P/c1-25(2,3)19-11-13-23-21(17-19)22-18-20(26(4,5)6)12-14-24(22)27(23)15-9-7-8-10-16-31(28,29)30/h11-14,17-18H,7-10,15-16H2,1-6H3,(H2,28,29,30). The van der Waals surface area contributed by atoms with Crippen molar-refractivity contribution in [1.82, 2.24) is 4.57 Å². The van der Waals surface area contributed by atoms with Gasteiger partial charge in [-0.05, 0) is 59.1 Å². The maximum absolute atomic E-state index is 11.0. The molecule has 2 N–H and O–H groups in total. The average molecular weight is 444 g/mol. The van der Waals surface area contributed by atoms with Crippen LogP contribution >= 0.6 is 7.60 Å². The molecule has 0 aliphatic heterocycles. The Balaban J connectivity index is 1.95. The zero-order valence-corrected chi connectivity index (χ0v) is 20.8. The Morgan fingerprint density at radius 3 is 1.61 bits per heavy atom. The van der Waals surface area contributed by atoms with Crippen molar-refractivity contribution in [3.8, 4) is 0 Å².